The van der Waals surface area contributed by atoms with Crippen LogP contribution in [0.5, 0.6) is 0 Å². The maximum Gasteiger partial charge on any atom is 0.321 e. The predicted octanol–water partition coefficient (Wildman–Crippen LogP) is 2.35. The third-order valence-electron chi connectivity index (χ3n) is 3.61. The number of nitrogens with one attached hydrogen (secondary N) is 2. The zero-order valence-electron chi connectivity index (χ0n) is 12.4. The third kappa shape index (κ3) is 3.14. The SMILES string of the molecule is CC(NC(=O)c1cc(N2CCNC2=O)ccc1Cl)c1ccon1. The summed E-state index contributed by atoms with van der Waals surface area (Å²) < 4.78 is 4.77. The average molecular weight is 335 g/mol. The first-order chi connectivity index (χ1) is 11.1. The van der Waals surface area contributed by atoms with E-state index in [0.29, 0.717) is 35.1 Å². The van der Waals surface area contributed by atoms with Crippen molar-refractivity contribution in [2.75, 3.05) is 18.0 Å². The fraction of sp³-hybridized carbons (Fsp3) is 0.267. The molecule has 1 aliphatic rings. The highest BCUT2D eigenvalue weighted by Crippen LogP contribution is 2.25. The van der Waals surface area contributed by atoms with E-state index in [1.165, 1.54) is 6.26 Å². The van der Waals surface area contributed by atoms with Gasteiger partial charge in [0.2, 0.25) is 0 Å². The summed E-state index contributed by atoms with van der Waals surface area (Å²) in [5.74, 6) is -0.341. The molecule has 1 aliphatic heterocycles. The summed E-state index contributed by atoms with van der Waals surface area (Å²) in [6, 6.07) is 6.10. The van der Waals surface area contributed by atoms with Gasteiger partial charge in [-0.3, -0.25) is 9.69 Å². The third-order valence-corrected chi connectivity index (χ3v) is 3.94. The molecule has 1 saturated heterocycles. The Morgan fingerprint density at radius 3 is 2.96 bits per heavy atom. The lowest BCUT2D eigenvalue weighted by molar-refractivity contribution is 0.0938. The minimum absolute atomic E-state index is 0.186. The van der Waals surface area contributed by atoms with Gasteiger partial charge in [0.1, 0.15) is 12.0 Å². The van der Waals surface area contributed by atoms with Crippen molar-refractivity contribution in [2.45, 2.75) is 13.0 Å². The van der Waals surface area contributed by atoms with Gasteiger partial charge < -0.3 is 15.2 Å². The molecule has 3 rings (SSSR count). The molecule has 1 aromatic heterocycles. The topological polar surface area (TPSA) is 87.5 Å². The highest BCUT2D eigenvalue weighted by molar-refractivity contribution is 6.34. The van der Waals surface area contributed by atoms with Crippen molar-refractivity contribution in [3.8, 4) is 0 Å². The van der Waals surface area contributed by atoms with Gasteiger partial charge in [0.05, 0.1) is 16.6 Å². The van der Waals surface area contributed by atoms with Gasteiger partial charge in [-0.05, 0) is 25.1 Å². The van der Waals surface area contributed by atoms with Gasteiger partial charge in [0, 0.05) is 24.8 Å². The number of benzene rings is 1. The number of anilines is 1. The van der Waals surface area contributed by atoms with E-state index in [9.17, 15) is 9.59 Å². The van der Waals surface area contributed by atoms with Gasteiger partial charge >= 0.3 is 6.03 Å². The summed E-state index contributed by atoms with van der Waals surface area (Å²) in [6.45, 7) is 2.92. The van der Waals surface area contributed by atoms with Crippen molar-refractivity contribution in [1.29, 1.82) is 0 Å². The Morgan fingerprint density at radius 2 is 2.30 bits per heavy atom. The van der Waals surface area contributed by atoms with Crippen LogP contribution in [0.25, 0.3) is 0 Å². The molecule has 1 unspecified atom stereocenters. The van der Waals surface area contributed by atoms with E-state index >= 15 is 0 Å². The highest BCUT2D eigenvalue weighted by Gasteiger charge is 2.23. The fourth-order valence-corrected chi connectivity index (χ4v) is 2.57. The Balaban J connectivity index is 1.81. The van der Waals surface area contributed by atoms with Gasteiger partial charge in [0.25, 0.3) is 5.91 Å². The smallest absolute Gasteiger partial charge is 0.321 e. The largest absolute Gasteiger partial charge is 0.364 e. The van der Waals surface area contributed by atoms with E-state index in [1.54, 1.807) is 36.1 Å². The number of nitrogens with zero attached hydrogens (tertiary/aromatic N) is 2. The maximum atomic E-state index is 12.4. The molecule has 1 fully saturated rings. The van der Waals surface area contributed by atoms with Crippen LogP contribution in [0.3, 0.4) is 0 Å². The summed E-state index contributed by atoms with van der Waals surface area (Å²) in [7, 11) is 0. The van der Waals surface area contributed by atoms with Gasteiger partial charge in [-0.2, -0.15) is 0 Å². The van der Waals surface area contributed by atoms with Crippen LogP contribution < -0.4 is 15.5 Å². The van der Waals surface area contributed by atoms with Gasteiger partial charge in [-0.15, -0.1) is 0 Å². The molecule has 2 N–H and O–H groups in total. The van der Waals surface area contributed by atoms with Crippen LogP contribution in [-0.4, -0.2) is 30.2 Å². The second kappa shape index (κ2) is 6.29. The van der Waals surface area contributed by atoms with Crippen molar-refractivity contribution in [3.05, 3.63) is 46.8 Å². The lowest BCUT2D eigenvalue weighted by Crippen LogP contribution is -2.29. The number of halogens is 1. The minimum atomic E-state index is -0.341. The second-order valence-corrected chi connectivity index (χ2v) is 5.57. The van der Waals surface area contributed by atoms with Crippen molar-refractivity contribution >= 4 is 29.2 Å². The van der Waals surface area contributed by atoms with E-state index in [-0.39, 0.29) is 18.0 Å². The molecule has 0 radical (unpaired) electrons. The number of amides is 3. The Bertz CT molecular complexity index is 732. The summed E-state index contributed by atoms with van der Waals surface area (Å²) in [4.78, 5) is 25.7. The molecule has 8 heteroatoms. The second-order valence-electron chi connectivity index (χ2n) is 5.17. The van der Waals surface area contributed by atoms with E-state index in [1.807, 2.05) is 0 Å². The van der Waals surface area contributed by atoms with Crippen LogP contribution in [0.4, 0.5) is 10.5 Å². The monoisotopic (exact) mass is 334 g/mol. The molecule has 3 amide bonds. The molecule has 2 aromatic rings. The van der Waals surface area contributed by atoms with Crippen LogP contribution in [-0.2, 0) is 0 Å². The summed E-state index contributed by atoms with van der Waals surface area (Å²) in [6.07, 6.45) is 1.44. The first-order valence-corrected chi connectivity index (χ1v) is 7.50. The fourth-order valence-electron chi connectivity index (χ4n) is 2.37. The molecular weight excluding hydrogens is 320 g/mol. The lowest BCUT2D eigenvalue weighted by Gasteiger charge is -2.17. The number of urea groups is 1. The average Bonchev–Trinajstić information content (AvgIpc) is 3.19. The number of aromatic nitrogens is 1. The number of rotatable bonds is 4. The molecule has 0 spiro atoms. The molecule has 7 nitrogen and oxygen atoms in total. The summed E-state index contributed by atoms with van der Waals surface area (Å²) in [5, 5.41) is 9.63. The van der Waals surface area contributed by atoms with Crippen molar-refractivity contribution in [1.82, 2.24) is 15.8 Å². The molecule has 120 valence electrons. The van der Waals surface area contributed by atoms with Crippen LogP contribution in [0.15, 0.2) is 35.1 Å². The molecule has 0 bridgehead atoms. The Morgan fingerprint density at radius 1 is 1.48 bits per heavy atom. The molecule has 0 aliphatic carbocycles. The van der Waals surface area contributed by atoms with Crippen LogP contribution in [0.2, 0.25) is 5.02 Å². The zero-order chi connectivity index (χ0) is 16.4. The van der Waals surface area contributed by atoms with Gasteiger partial charge in [0.15, 0.2) is 0 Å². The number of carbonyl (C=O) groups is 2. The number of hydrogen-bond donors (Lipinski definition) is 2. The molecular formula is C15H15ClN4O3. The normalized spacial score (nSPS) is 15.4. The quantitative estimate of drug-likeness (QED) is 0.898. The molecule has 1 aromatic carbocycles. The molecule has 23 heavy (non-hydrogen) atoms. The van der Waals surface area contributed by atoms with E-state index < -0.39 is 0 Å². The van der Waals surface area contributed by atoms with Gasteiger partial charge in [-0.1, -0.05) is 16.8 Å². The first-order valence-electron chi connectivity index (χ1n) is 7.12. The summed E-state index contributed by atoms with van der Waals surface area (Å²) >= 11 is 6.13. The minimum Gasteiger partial charge on any atom is -0.364 e. The Hall–Kier alpha value is -2.54. The van der Waals surface area contributed by atoms with Gasteiger partial charge in [-0.25, -0.2) is 4.79 Å². The predicted molar refractivity (Wildman–Crippen MR) is 84.6 cm³/mol. The summed E-state index contributed by atoms with van der Waals surface area (Å²) in [5.41, 5.74) is 1.55. The Labute approximate surface area is 137 Å². The van der Waals surface area contributed by atoms with Crippen molar-refractivity contribution in [2.24, 2.45) is 0 Å². The number of hydrogen-bond acceptors (Lipinski definition) is 4. The first kappa shape index (κ1) is 15.4. The molecule has 1 atom stereocenters. The molecule has 2 heterocycles. The lowest BCUT2D eigenvalue weighted by atomic mass is 10.1. The van der Waals surface area contributed by atoms with E-state index in [0.717, 1.165) is 0 Å². The van der Waals surface area contributed by atoms with Crippen LogP contribution in [0.1, 0.15) is 29.0 Å². The van der Waals surface area contributed by atoms with Crippen molar-refractivity contribution < 1.29 is 14.1 Å². The van der Waals surface area contributed by atoms with E-state index in [2.05, 4.69) is 15.8 Å². The van der Waals surface area contributed by atoms with Crippen molar-refractivity contribution in [3.63, 3.8) is 0 Å². The Kier molecular flexibility index (Phi) is 4.20. The highest BCUT2D eigenvalue weighted by atomic mass is 35.5. The van der Waals surface area contributed by atoms with E-state index in [4.69, 9.17) is 16.1 Å². The van der Waals surface area contributed by atoms with Crippen LogP contribution >= 0.6 is 11.6 Å². The number of carbonyl (C=O) groups excluding carboxylic acids is 2. The molecule has 0 saturated carbocycles. The zero-order valence-corrected chi connectivity index (χ0v) is 13.1. The standard InChI is InChI=1S/C15H15ClN4O3/c1-9(13-4-7-23-19-13)18-14(21)11-8-10(2-3-12(11)16)20-6-5-17-15(20)22/h2-4,7-9H,5-6H2,1H3,(H,17,22)(H,18,21). The van der Waals surface area contributed by atoms with Crippen LogP contribution in [0, 0.1) is 0 Å². The maximum absolute atomic E-state index is 12.4.